The molecule has 18 heavy (non-hydrogen) atoms. The molecule has 6 heteroatoms. The zero-order valence-electron chi connectivity index (χ0n) is 9.53. The van der Waals surface area contributed by atoms with E-state index >= 15 is 0 Å². The van der Waals surface area contributed by atoms with Gasteiger partial charge in [0.15, 0.2) is 5.75 Å². The van der Waals surface area contributed by atoms with Crippen molar-refractivity contribution in [2.75, 3.05) is 0 Å². The number of benzene rings is 1. The number of nitrogens with zero attached hydrogens (tertiary/aromatic N) is 1. The van der Waals surface area contributed by atoms with Crippen molar-refractivity contribution >= 4 is 17.5 Å². The third-order valence-corrected chi connectivity index (χ3v) is 2.93. The minimum absolute atomic E-state index is 0.0692. The average Bonchev–Trinajstić information content (AvgIpc) is 2.39. The van der Waals surface area contributed by atoms with Gasteiger partial charge in [0.25, 0.3) is 5.91 Å². The molecule has 2 N–H and O–H groups in total. The van der Waals surface area contributed by atoms with Gasteiger partial charge >= 0.3 is 0 Å². The van der Waals surface area contributed by atoms with E-state index < -0.39 is 0 Å². The highest BCUT2D eigenvalue weighted by atomic mass is 16.7. The van der Waals surface area contributed by atoms with Crippen LogP contribution in [0.25, 0.3) is 0 Å². The van der Waals surface area contributed by atoms with Crippen LogP contribution in [0.1, 0.15) is 24.0 Å². The molecule has 0 aromatic heterocycles. The van der Waals surface area contributed by atoms with Crippen LogP contribution in [0.4, 0.5) is 0 Å². The van der Waals surface area contributed by atoms with Crippen molar-refractivity contribution in [3.63, 3.8) is 0 Å². The summed E-state index contributed by atoms with van der Waals surface area (Å²) < 4.78 is 0. The molecule has 0 saturated carbocycles. The molecule has 2 aliphatic heterocycles. The van der Waals surface area contributed by atoms with Crippen molar-refractivity contribution in [1.82, 2.24) is 10.9 Å². The van der Waals surface area contributed by atoms with Crippen LogP contribution in [0, 0.1) is 0 Å². The lowest BCUT2D eigenvalue weighted by molar-refractivity contribution is -0.128. The number of carbonyl (C=O) groups excluding carboxylic acids is 2. The second-order valence-electron chi connectivity index (χ2n) is 4.22. The van der Waals surface area contributed by atoms with Crippen LogP contribution in [0.3, 0.4) is 0 Å². The lowest BCUT2D eigenvalue weighted by Crippen LogP contribution is -2.33. The molecule has 2 aliphatic rings. The molecular formula is C12H11N3O3. The van der Waals surface area contributed by atoms with Crippen molar-refractivity contribution < 1.29 is 14.4 Å². The first-order valence-electron chi connectivity index (χ1n) is 5.67. The number of carbonyl (C=O) groups is 2. The lowest BCUT2D eigenvalue weighted by atomic mass is 10.0. The number of hydrogen-bond acceptors (Lipinski definition) is 4. The molecule has 92 valence electrons. The van der Waals surface area contributed by atoms with Crippen LogP contribution >= 0.6 is 0 Å². The summed E-state index contributed by atoms with van der Waals surface area (Å²) in [5, 5.41) is 4.02. The Kier molecular flexibility index (Phi) is 2.47. The summed E-state index contributed by atoms with van der Waals surface area (Å²) in [6.07, 6.45) is 1.36. The molecule has 3 rings (SSSR count). The summed E-state index contributed by atoms with van der Waals surface area (Å²) in [4.78, 5) is 27.3. The Morgan fingerprint density at radius 1 is 1.17 bits per heavy atom. The fourth-order valence-electron chi connectivity index (χ4n) is 1.98. The van der Waals surface area contributed by atoms with Gasteiger partial charge in [0.2, 0.25) is 5.91 Å². The van der Waals surface area contributed by atoms with Crippen LogP contribution < -0.4 is 15.7 Å². The largest absolute Gasteiger partial charge is 0.379 e. The minimum Gasteiger partial charge on any atom is -0.379 e. The summed E-state index contributed by atoms with van der Waals surface area (Å²) in [6.45, 7) is 0. The zero-order valence-corrected chi connectivity index (χ0v) is 9.53. The maximum atomic E-state index is 11.1. The van der Waals surface area contributed by atoms with Crippen molar-refractivity contribution in [2.24, 2.45) is 5.10 Å². The normalized spacial score (nSPS) is 18.1. The van der Waals surface area contributed by atoms with Gasteiger partial charge in [-0.3, -0.25) is 9.59 Å². The fraction of sp³-hybridized carbons (Fsp3) is 0.250. The molecule has 1 aromatic carbocycles. The Labute approximate surface area is 103 Å². The standard InChI is InChI=1S/C12H11N3O3/c16-11-4-3-9(13-14-11)7-1-2-8-6-12(17)15-18-10(8)5-7/h1-2,5H,3-4,6H2,(H,14,16)(H,15,17). The number of hydroxylamine groups is 1. The second-order valence-corrected chi connectivity index (χ2v) is 4.22. The Hall–Kier alpha value is -2.37. The van der Waals surface area contributed by atoms with Gasteiger partial charge in [-0.25, -0.2) is 5.43 Å². The van der Waals surface area contributed by atoms with E-state index in [4.69, 9.17) is 4.84 Å². The molecule has 0 fully saturated rings. The highest BCUT2D eigenvalue weighted by molar-refractivity contribution is 6.04. The van der Waals surface area contributed by atoms with Crippen LogP contribution in [0.5, 0.6) is 5.75 Å². The molecule has 0 atom stereocenters. The van der Waals surface area contributed by atoms with Crippen LogP contribution in [0.2, 0.25) is 0 Å². The van der Waals surface area contributed by atoms with E-state index in [2.05, 4.69) is 16.0 Å². The molecule has 1 aromatic rings. The molecule has 0 aliphatic carbocycles. The molecular weight excluding hydrogens is 234 g/mol. The van der Waals surface area contributed by atoms with Gasteiger partial charge in [-0.1, -0.05) is 12.1 Å². The third kappa shape index (κ3) is 1.92. The molecule has 2 heterocycles. The molecule has 0 unspecified atom stereocenters. The van der Waals surface area contributed by atoms with E-state index in [-0.39, 0.29) is 11.8 Å². The van der Waals surface area contributed by atoms with Crippen molar-refractivity contribution in [1.29, 1.82) is 0 Å². The quantitative estimate of drug-likeness (QED) is 0.745. The van der Waals surface area contributed by atoms with Gasteiger partial charge in [0.1, 0.15) is 0 Å². The van der Waals surface area contributed by atoms with Crippen molar-refractivity contribution in [2.45, 2.75) is 19.3 Å². The summed E-state index contributed by atoms with van der Waals surface area (Å²) in [6, 6.07) is 5.56. The zero-order chi connectivity index (χ0) is 12.5. The number of fused-ring (bicyclic) bond motifs is 1. The first-order valence-corrected chi connectivity index (χ1v) is 5.67. The van der Waals surface area contributed by atoms with Gasteiger partial charge in [-0.05, 0) is 6.07 Å². The van der Waals surface area contributed by atoms with E-state index in [0.29, 0.717) is 25.0 Å². The smallest absolute Gasteiger partial charge is 0.257 e. The first-order chi connectivity index (χ1) is 8.72. The maximum Gasteiger partial charge on any atom is 0.257 e. The summed E-state index contributed by atoms with van der Waals surface area (Å²) in [7, 11) is 0. The topological polar surface area (TPSA) is 79.8 Å². The second kappa shape index (κ2) is 4.14. The monoisotopic (exact) mass is 245 g/mol. The van der Waals surface area contributed by atoms with E-state index in [9.17, 15) is 9.59 Å². The highest BCUT2D eigenvalue weighted by Crippen LogP contribution is 2.24. The number of amides is 2. The summed E-state index contributed by atoms with van der Waals surface area (Å²) in [5.41, 5.74) is 7.34. The highest BCUT2D eigenvalue weighted by Gasteiger charge is 2.19. The number of rotatable bonds is 1. The number of hydrogen-bond donors (Lipinski definition) is 2. The van der Waals surface area contributed by atoms with Crippen LogP contribution in [-0.4, -0.2) is 17.5 Å². The van der Waals surface area contributed by atoms with E-state index in [1.807, 2.05) is 18.2 Å². The predicted octanol–water partition coefficient (Wildman–Crippen LogP) is 0.267. The summed E-state index contributed by atoms with van der Waals surface area (Å²) in [5.74, 6) is 0.407. The Morgan fingerprint density at radius 3 is 2.83 bits per heavy atom. The number of hydrazone groups is 1. The number of nitrogens with one attached hydrogen (secondary N) is 2. The molecule has 0 saturated heterocycles. The van der Waals surface area contributed by atoms with Gasteiger partial charge < -0.3 is 4.84 Å². The summed E-state index contributed by atoms with van der Waals surface area (Å²) >= 11 is 0. The van der Waals surface area contributed by atoms with Crippen molar-refractivity contribution in [3.8, 4) is 5.75 Å². The Balaban J connectivity index is 1.91. The van der Waals surface area contributed by atoms with E-state index in [1.54, 1.807) is 0 Å². The maximum absolute atomic E-state index is 11.1. The van der Waals surface area contributed by atoms with E-state index in [0.717, 1.165) is 16.8 Å². The Morgan fingerprint density at radius 2 is 2.06 bits per heavy atom. The molecule has 0 radical (unpaired) electrons. The van der Waals surface area contributed by atoms with Crippen LogP contribution in [0.15, 0.2) is 23.3 Å². The minimum atomic E-state index is -0.155. The molecule has 0 bridgehead atoms. The molecule has 6 nitrogen and oxygen atoms in total. The third-order valence-electron chi connectivity index (χ3n) is 2.93. The average molecular weight is 245 g/mol. The predicted molar refractivity (Wildman–Crippen MR) is 62.8 cm³/mol. The van der Waals surface area contributed by atoms with Gasteiger partial charge in [-0.2, -0.15) is 10.6 Å². The molecule has 0 spiro atoms. The van der Waals surface area contributed by atoms with Crippen molar-refractivity contribution in [3.05, 3.63) is 29.3 Å². The first kappa shape index (κ1) is 10.8. The van der Waals surface area contributed by atoms with Gasteiger partial charge in [-0.15, -0.1) is 0 Å². The lowest BCUT2D eigenvalue weighted by Gasteiger charge is -2.18. The van der Waals surface area contributed by atoms with Gasteiger partial charge in [0.05, 0.1) is 12.1 Å². The molecule has 2 amide bonds. The van der Waals surface area contributed by atoms with Crippen LogP contribution in [-0.2, 0) is 16.0 Å². The van der Waals surface area contributed by atoms with E-state index in [1.165, 1.54) is 0 Å². The fourth-order valence-corrected chi connectivity index (χ4v) is 1.98. The SMILES string of the molecule is O=C1CCC(c2ccc3c(c2)ONC(=O)C3)=NN1. The Bertz CT molecular complexity index is 566. The van der Waals surface area contributed by atoms with Gasteiger partial charge in [0, 0.05) is 24.0 Å².